The molecule has 1 N–H and O–H groups in total. The van der Waals surface area contributed by atoms with Gasteiger partial charge in [-0.05, 0) is 11.1 Å². The monoisotopic (exact) mass is 359 g/mol. The van der Waals surface area contributed by atoms with Crippen molar-refractivity contribution in [1.29, 1.82) is 0 Å². The lowest BCUT2D eigenvalue weighted by atomic mass is 10.2. The minimum atomic E-state index is -1.06. The number of hydrogen-bond acceptors (Lipinski definition) is 4. The van der Waals surface area contributed by atoms with Crippen LogP contribution in [0.5, 0.6) is 0 Å². The molecule has 1 aliphatic heterocycles. The smallest absolute Gasteiger partial charge is 0.262 e. The lowest BCUT2D eigenvalue weighted by Crippen LogP contribution is -2.47. The Labute approximate surface area is 150 Å². The molecule has 4 nitrogen and oxygen atoms in total. The summed E-state index contributed by atoms with van der Waals surface area (Å²) in [6.45, 7) is 0.814. The van der Waals surface area contributed by atoms with Crippen molar-refractivity contribution in [3.8, 4) is 0 Å². The summed E-state index contributed by atoms with van der Waals surface area (Å²) in [6, 6.07) is 19.8. The van der Waals surface area contributed by atoms with E-state index in [0.717, 1.165) is 11.1 Å². The summed E-state index contributed by atoms with van der Waals surface area (Å²) < 4.78 is 0. The maximum absolute atomic E-state index is 12.8. The Balaban J connectivity index is 1.69. The summed E-state index contributed by atoms with van der Waals surface area (Å²) in [4.78, 5) is 11.7. The molecule has 2 aromatic carbocycles. The summed E-state index contributed by atoms with van der Waals surface area (Å²) in [5, 5.41) is 10.7. The average Bonchev–Trinajstić information content (AvgIpc) is 3.01. The van der Waals surface area contributed by atoms with Crippen LogP contribution < -0.4 is 5.32 Å². The summed E-state index contributed by atoms with van der Waals surface area (Å²) >= 11 is 7.84. The van der Waals surface area contributed by atoms with Crippen molar-refractivity contribution in [3.63, 3.8) is 0 Å². The first-order valence-electron chi connectivity index (χ1n) is 7.73. The van der Waals surface area contributed by atoms with Crippen molar-refractivity contribution in [2.75, 3.05) is 6.54 Å². The van der Waals surface area contributed by atoms with Gasteiger partial charge >= 0.3 is 0 Å². The lowest BCUT2D eigenvalue weighted by Gasteiger charge is -2.26. The van der Waals surface area contributed by atoms with E-state index in [0.29, 0.717) is 18.8 Å². The fourth-order valence-electron chi connectivity index (χ4n) is 2.45. The molecule has 6 heteroatoms. The molecule has 0 spiro atoms. The molecule has 0 saturated heterocycles. The molecule has 3 rings (SSSR count). The molecular weight excluding hydrogens is 342 g/mol. The molecule has 0 unspecified atom stereocenters. The maximum atomic E-state index is 12.8. The number of rotatable bonds is 6. The number of azo groups is 1. The van der Waals surface area contributed by atoms with E-state index in [4.69, 9.17) is 11.6 Å². The van der Waals surface area contributed by atoms with Gasteiger partial charge in [0.05, 0.1) is 6.54 Å². The molecule has 124 valence electrons. The predicted octanol–water partition coefficient (Wildman–Crippen LogP) is 4.01. The molecule has 2 atom stereocenters. The highest BCUT2D eigenvalue weighted by atomic mass is 35.5. The van der Waals surface area contributed by atoms with Crippen LogP contribution in [-0.2, 0) is 17.1 Å². The molecule has 1 heterocycles. The van der Waals surface area contributed by atoms with Crippen LogP contribution in [0.25, 0.3) is 0 Å². The number of nitrogens with one attached hydrogen (secondary N) is 1. The molecule has 0 radical (unpaired) electrons. The predicted molar refractivity (Wildman–Crippen MR) is 98.1 cm³/mol. The summed E-state index contributed by atoms with van der Waals surface area (Å²) in [6.07, 6.45) is 0. The number of halogens is 1. The number of carbonyl (C=O) groups is 1. The van der Waals surface area contributed by atoms with Crippen molar-refractivity contribution >= 4 is 29.3 Å². The molecule has 1 aliphatic rings. The average molecular weight is 360 g/mol. The quantitative estimate of drug-likeness (QED) is 0.792. The van der Waals surface area contributed by atoms with E-state index < -0.39 is 10.2 Å². The largest absolute Gasteiger partial charge is 0.349 e. The van der Waals surface area contributed by atoms with Gasteiger partial charge in [-0.1, -0.05) is 60.7 Å². The highest BCUT2D eigenvalue weighted by Crippen LogP contribution is 2.40. The van der Waals surface area contributed by atoms with Gasteiger partial charge < -0.3 is 5.32 Å². The minimum absolute atomic E-state index is 0.187. The van der Waals surface area contributed by atoms with Crippen LogP contribution in [-0.4, -0.2) is 22.7 Å². The van der Waals surface area contributed by atoms with E-state index in [-0.39, 0.29) is 5.91 Å². The summed E-state index contributed by atoms with van der Waals surface area (Å²) in [5.74, 6) is 0.468. The Kier molecular flexibility index (Phi) is 5.53. The second-order valence-electron chi connectivity index (χ2n) is 5.53. The van der Waals surface area contributed by atoms with E-state index in [9.17, 15) is 4.79 Å². The summed E-state index contributed by atoms with van der Waals surface area (Å²) in [5.41, 5.74) is 2.17. The van der Waals surface area contributed by atoms with Gasteiger partial charge in [0.25, 0.3) is 5.91 Å². The minimum Gasteiger partial charge on any atom is -0.349 e. The van der Waals surface area contributed by atoms with E-state index in [1.807, 2.05) is 60.7 Å². The van der Waals surface area contributed by atoms with E-state index in [1.54, 1.807) is 0 Å². The molecular formula is C18H18ClN3OS. The SMILES string of the molecule is O=C(NCc1ccccc1)[C@@]1(SCc2ccccc2)N=NC[C@@H]1Cl. The Bertz CT molecular complexity index is 711. The van der Waals surface area contributed by atoms with Crippen LogP contribution in [0, 0.1) is 0 Å². The molecule has 1 amide bonds. The number of nitrogens with zero attached hydrogens (tertiary/aromatic N) is 2. The van der Waals surface area contributed by atoms with Gasteiger partial charge in [-0.15, -0.1) is 23.4 Å². The highest BCUT2D eigenvalue weighted by Gasteiger charge is 2.49. The first kappa shape index (κ1) is 17.0. The number of carbonyl (C=O) groups excluding carboxylic acids is 1. The zero-order valence-corrected chi connectivity index (χ0v) is 14.6. The molecule has 0 aliphatic carbocycles. The van der Waals surface area contributed by atoms with Gasteiger partial charge in [-0.3, -0.25) is 4.79 Å². The van der Waals surface area contributed by atoms with Crippen molar-refractivity contribution in [1.82, 2.24) is 5.32 Å². The van der Waals surface area contributed by atoms with Gasteiger partial charge in [-0.25, -0.2) is 0 Å². The van der Waals surface area contributed by atoms with Crippen molar-refractivity contribution in [2.45, 2.75) is 22.5 Å². The fourth-order valence-corrected chi connectivity index (χ4v) is 4.00. The topological polar surface area (TPSA) is 53.8 Å². The number of alkyl halides is 1. The highest BCUT2D eigenvalue weighted by molar-refractivity contribution is 8.00. The molecule has 2 aromatic rings. The standard InChI is InChI=1S/C18H18ClN3OS/c19-16-12-21-22-18(16,24-13-15-9-5-2-6-10-15)17(23)20-11-14-7-3-1-4-8-14/h1-10,16H,11-13H2,(H,20,23)/t16-,18+/m0/s1. The van der Waals surface area contributed by atoms with Crippen molar-refractivity contribution in [3.05, 3.63) is 71.8 Å². The second kappa shape index (κ2) is 7.81. The van der Waals surface area contributed by atoms with E-state index >= 15 is 0 Å². The molecule has 24 heavy (non-hydrogen) atoms. The van der Waals surface area contributed by atoms with Crippen LogP contribution in [0.1, 0.15) is 11.1 Å². The van der Waals surface area contributed by atoms with Crippen molar-refractivity contribution < 1.29 is 4.79 Å². The number of amides is 1. The Morgan fingerprint density at radius 2 is 1.75 bits per heavy atom. The number of benzene rings is 2. The molecule has 0 bridgehead atoms. The van der Waals surface area contributed by atoms with Crippen molar-refractivity contribution in [2.24, 2.45) is 10.2 Å². The van der Waals surface area contributed by atoms with Crippen LogP contribution in [0.3, 0.4) is 0 Å². The fraction of sp³-hybridized carbons (Fsp3) is 0.278. The number of hydrogen-bond donors (Lipinski definition) is 1. The normalized spacial score (nSPS) is 22.5. The van der Waals surface area contributed by atoms with Gasteiger partial charge in [-0.2, -0.15) is 10.2 Å². The first-order valence-corrected chi connectivity index (χ1v) is 9.16. The first-order chi connectivity index (χ1) is 11.7. The van der Waals surface area contributed by atoms with Gasteiger partial charge in [0.1, 0.15) is 5.38 Å². The van der Waals surface area contributed by atoms with Crippen LogP contribution in [0.15, 0.2) is 70.9 Å². The van der Waals surface area contributed by atoms with Crippen LogP contribution in [0.4, 0.5) is 0 Å². The third-order valence-corrected chi connectivity index (χ3v) is 5.86. The second-order valence-corrected chi connectivity index (χ2v) is 7.26. The third kappa shape index (κ3) is 3.79. The molecule has 0 saturated carbocycles. The lowest BCUT2D eigenvalue weighted by molar-refractivity contribution is -0.123. The zero-order valence-electron chi connectivity index (χ0n) is 13.1. The van der Waals surface area contributed by atoms with E-state index in [1.165, 1.54) is 11.8 Å². The maximum Gasteiger partial charge on any atom is 0.262 e. The summed E-state index contributed by atoms with van der Waals surface area (Å²) in [7, 11) is 0. The van der Waals surface area contributed by atoms with Crippen LogP contribution in [0.2, 0.25) is 0 Å². The Morgan fingerprint density at radius 1 is 1.12 bits per heavy atom. The van der Waals surface area contributed by atoms with Gasteiger partial charge in [0.15, 0.2) is 0 Å². The third-order valence-electron chi connectivity index (χ3n) is 3.81. The van der Waals surface area contributed by atoms with Crippen LogP contribution >= 0.6 is 23.4 Å². The molecule has 0 aromatic heterocycles. The van der Waals surface area contributed by atoms with Gasteiger partial charge in [0, 0.05) is 12.3 Å². The zero-order chi connectivity index (χ0) is 16.8. The Hall–Kier alpha value is -1.85. The van der Waals surface area contributed by atoms with Gasteiger partial charge in [0.2, 0.25) is 4.87 Å². The molecule has 0 fully saturated rings. The number of thioether (sulfide) groups is 1. The van der Waals surface area contributed by atoms with E-state index in [2.05, 4.69) is 15.5 Å². The Morgan fingerprint density at radius 3 is 2.33 bits per heavy atom.